The zero-order chi connectivity index (χ0) is 19.1. The quantitative estimate of drug-likeness (QED) is 0.776. The van der Waals surface area contributed by atoms with Crippen LogP contribution in [0.1, 0.15) is 36.0 Å². The Morgan fingerprint density at radius 2 is 1.54 bits per heavy atom. The Morgan fingerprint density at radius 3 is 2.04 bits per heavy atom. The number of hydrogen-bond acceptors (Lipinski definition) is 2. The molecular weight excluding hydrogens is 360 g/mol. The molecule has 2 fully saturated rings. The molecule has 1 heterocycles. The van der Waals surface area contributed by atoms with Gasteiger partial charge in [0.25, 0.3) is 0 Å². The summed E-state index contributed by atoms with van der Waals surface area (Å²) in [5, 5.41) is 9.33. The first-order valence-corrected chi connectivity index (χ1v) is 8.66. The molecule has 0 amide bonds. The number of rotatable bonds is 3. The van der Waals surface area contributed by atoms with Crippen LogP contribution in [0.5, 0.6) is 0 Å². The van der Waals surface area contributed by atoms with Gasteiger partial charge in [-0.05, 0) is 54.7 Å². The Morgan fingerprint density at radius 1 is 0.923 bits per heavy atom. The van der Waals surface area contributed by atoms with E-state index in [2.05, 4.69) is 0 Å². The van der Waals surface area contributed by atoms with Gasteiger partial charge in [-0.15, -0.1) is 0 Å². The molecule has 8 heteroatoms. The minimum atomic E-state index is -4.83. The van der Waals surface area contributed by atoms with E-state index in [0.717, 1.165) is 31.4 Å². The predicted octanol–water partition coefficient (Wildman–Crippen LogP) is 4.56. The number of aliphatic hydroxyl groups is 1. The normalized spacial score (nSPS) is 27.6. The number of likely N-dealkylation sites (tertiary alicyclic amines) is 1. The van der Waals surface area contributed by atoms with Gasteiger partial charge in [0.2, 0.25) is 0 Å². The molecule has 0 radical (unpaired) electrons. The number of piperidine rings is 1. The summed E-state index contributed by atoms with van der Waals surface area (Å²) in [5.74, 6) is 0.893. The number of fused-ring (bicyclic) bond motifs is 2. The number of nitrogens with zero attached hydrogens (tertiary/aromatic N) is 1. The standard InChI is InChI=1S/C18H21F6NO/c19-17(20,21)15-2-1-14(16(6-15)18(22,23)24)9-25-7-11-3-12(8-25)5-13(4-11)10-26/h1-2,6,11-13,26H,3-5,7-10H2. The molecule has 2 bridgehead atoms. The van der Waals surface area contributed by atoms with Crippen LogP contribution < -0.4 is 0 Å². The summed E-state index contributed by atoms with van der Waals surface area (Å²) < 4.78 is 78.2. The van der Waals surface area contributed by atoms with Crippen LogP contribution in [-0.2, 0) is 18.9 Å². The van der Waals surface area contributed by atoms with Gasteiger partial charge in [-0.25, -0.2) is 0 Å². The van der Waals surface area contributed by atoms with Crippen LogP contribution in [0.4, 0.5) is 26.3 Å². The monoisotopic (exact) mass is 381 g/mol. The third kappa shape index (κ3) is 4.34. The molecular formula is C18H21F6NO. The van der Waals surface area contributed by atoms with E-state index < -0.39 is 23.5 Å². The van der Waals surface area contributed by atoms with Crippen molar-refractivity contribution in [3.63, 3.8) is 0 Å². The zero-order valence-corrected chi connectivity index (χ0v) is 14.1. The number of benzene rings is 1. The van der Waals surface area contributed by atoms with Crippen molar-refractivity contribution in [2.24, 2.45) is 17.8 Å². The highest BCUT2D eigenvalue weighted by atomic mass is 19.4. The van der Waals surface area contributed by atoms with Crippen molar-refractivity contribution in [1.82, 2.24) is 4.90 Å². The molecule has 1 saturated heterocycles. The fourth-order valence-electron chi connectivity index (χ4n) is 4.48. The first-order valence-electron chi connectivity index (χ1n) is 8.66. The first kappa shape index (κ1) is 19.5. The molecule has 0 aromatic heterocycles. The fraction of sp³-hybridized carbons (Fsp3) is 0.667. The van der Waals surface area contributed by atoms with Gasteiger partial charge in [0, 0.05) is 26.2 Å². The molecule has 2 atom stereocenters. The molecule has 1 saturated carbocycles. The Kier molecular flexibility index (Phi) is 5.27. The maximum atomic E-state index is 13.3. The summed E-state index contributed by atoms with van der Waals surface area (Å²) in [7, 11) is 0. The molecule has 2 aliphatic rings. The average molecular weight is 381 g/mol. The summed E-state index contributed by atoms with van der Waals surface area (Å²) in [5.41, 5.74) is -2.62. The lowest BCUT2D eigenvalue weighted by atomic mass is 9.72. The molecule has 0 spiro atoms. The molecule has 1 aromatic carbocycles. The van der Waals surface area contributed by atoms with E-state index in [9.17, 15) is 31.4 Å². The van der Waals surface area contributed by atoms with Gasteiger partial charge in [0.05, 0.1) is 11.1 Å². The van der Waals surface area contributed by atoms with Gasteiger partial charge < -0.3 is 5.11 Å². The second kappa shape index (κ2) is 7.03. The van der Waals surface area contributed by atoms with Crippen LogP contribution in [0.2, 0.25) is 0 Å². The molecule has 1 aromatic rings. The summed E-state index contributed by atoms with van der Waals surface area (Å²) in [4.78, 5) is 1.91. The van der Waals surface area contributed by atoms with Gasteiger partial charge in [0.1, 0.15) is 0 Å². The van der Waals surface area contributed by atoms with E-state index in [1.807, 2.05) is 4.90 Å². The van der Waals surface area contributed by atoms with Crippen molar-refractivity contribution in [3.05, 3.63) is 34.9 Å². The Bertz CT molecular complexity index is 628. The molecule has 3 rings (SSSR count). The number of aliphatic hydroxyl groups excluding tert-OH is 1. The number of hydrogen-bond donors (Lipinski definition) is 1. The molecule has 2 unspecified atom stereocenters. The Hall–Kier alpha value is -1.28. The Balaban J connectivity index is 1.80. The van der Waals surface area contributed by atoms with Crippen LogP contribution in [0.3, 0.4) is 0 Å². The molecule has 26 heavy (non-hydrogen) atoms. The minimum Gasteiger partial charge on any atom is -0.396 e. The van der Waals surface area contributed by atoms with Crippen LogP contribution in [0.25, 0.3) is 0 Å². The SMILES string of the molecule is OCC1CC2CC(C1)CN(Cc1ccc(C(F)(F)F)cc1C(F)(F)F)C2. The number of alkyl halides is 6. The van der Waals surface area contributed by atoms with Crippen molar-refractivity contribution < 1.29 is 31.4 Å². The van der Waals surface area contributed by atoms with Crippen molar-refractivity contribution in [2.45, 2.75) is 38.2 Å². The highest BCUT2D eigenvalue weighted by Gasteiger charge is 2.39. The molecule has 146 valence electrons. The lowest BCUT2D eigenvalue weighted by Crippen LogP contribution is -2.44. The van der Waals surface area contributed by atoms with Crippen molar-refractivity contribution in [3.8, 4) is 0 Å². The second-order valence-corrected chi connectivity index (χ2v) is 7.55. The van der Waals surface area contributed by atoms with Crippen molar-refractivity contribution in [2.75, 3.05) is 19.7 Å². The minimum absolute atomic E-state index is 0.0101. The largest absolute Gasteiger partial charge is 0.416 e. The third-order valence-electron chi connectivity index (χ3n) is 5.43. The number of halogens is 6. The molecule has 1 aliphatic heterocycles. The van der Waals surface area contributed by atoms with E-state index in [1.165, 1.54) is 0 Å². The van der Waals surface area contributed by atoms with Crippen LogP contribution >= 0.6 is 0 Å². The summed E-state index contributed by atoms with van der Waals surface area (Å²) >= 11 is 0. The van der Waals surface area contributed by atoms with E-state index >= 15 is 0 Å². The summed E-state index contributed by atoms with van der Waals surface area (Å²) in [6.45, 7) is 1.35. The maximum Gasteiger partial charge on any atom is 0.416 e. The lowest BCUT2D eigenvalue weighted by molar-refractivity contribution is -0.143. The average Bonchev–Trinajstić information content (AvgIpc) is 2.52. The zero-order valence-electron chi connectivity index (χ0n) is 14.1. The van der Waals surface area contributed by atoms with Gasteiger partial charge in [0.15, 0.2) is 0 Å². The van der Waals surface area contributed by atoms with E-state index in [1.54, 1.807) is 0 Å². The lowest BCUT2D eigenvalue weighted by Gasteiger charge is -2.44. The van der Waals surface area contributed by atoms with Crippen LogP contribution in [-0.4, -0.2) is 29.7 Å². The molecule has 2 nitrogen and oxygen atoms in total. The van der Waals surface area contributed by atoms with Gasteiger partial charge in [-0.2, -0.15) is 26.3 Å². The van der Waals surface area contributed by atoms with Gasteiger partial charge >= 0.3 is 12.4 Å². The smallest absolute Gasteiger partial charge is 0.396 e. The van der Waals surface area contributed by atoms with Gasteiger partial charge in [-0.3, -0.25) is 4.90 Å². The summed E-state index contributed by atoms with van der Waals surface area (Å²) in [6.07, 6.45) is -6.93. The van der Waals surface area contributed by atoms with Crippen molar-refractivity contribution in [1.29, 1.82) is 0 Å². The van der Waals surface area contributed by atoms with E-state index in [-0.39, 0.29) is 30.7 Å². The van der Waals surface area contributed by atoms with Gasteiger partial charge in [-0.1, -0.05) is 6.07 Å². The summed E-state index contributed by atoms with van der Waals surface area (Å²) in [6, 6.07) is 1.88. The van der Waals surface area contributed by atoms with Crippen molar-refractivity contribution >= 4 is 0 Å². The van der Waals surface area contributed by atoms with E-state index in [0.29, 0.717) is 24.9 Å². The maximum absolute atomic E-state index is 13.3. The third-order valence-corrected chi connectivity index (χ3v) is 5.43. The highest BCUT2D eigenvalue weighted by molar-refractivity contribution is 5.35. The van der Waals surface area contributed by atoms with E-state index in [4.69, 9.17) is 0 Å². The first-order chi connectivity index (χ1) is 12.1. The predicted molar refractivity (Wildman–Crippen MR) is 83.1 cm³/mol. The molecule has 1 aliphatic carbocycles. The topological polar surface area (TPSA) is 23.5 Å². The van der Waals surface area contributed by atoms with Crippen LogP contribution in [0.15, 0.2) is 18.2 Å². The fourth-order valence-corrected chi connectivity index (χ4v) is 4.48. The second-order valence-electron chi connectivity index (χ2n) is 7.55. The Labute approximate surface area is 147 Å². The highest BCUT2D eigenvalue weighted by Crippen LogP contribution is 2.40. The molecule has 1 N–H and O–H groups in total. The van der Waals surface area contributed by atoms with Crippen LogP contribution in [0, 0.1) is 17.8 Å².